The van der Waals surface area contributed by atoms with E-state index in [1.807, 2.05) is 36.4 Å². The average Bonchev–Trinajstić information content (AvgIpc) is 3.40. The Morgan fingerprint density at radius 2 is 2.41 bits per heavy atom. The summed E-state index contributed by atoms with van der Waals surface area (Å²) in [5.41, 5.74) is 1.37. The van der Waals surface area contributed by atoms with Gasteiger partial charge in [0.1, 0.15) is 5.69 Å². The van der Waals surface area contributed by atoms with Gasteiger partial charge in [-0.1, -0.05) is 0 Å². The fourth-order valence-corrected chi connectivity index (χ4v) is 4.83. The summed E-state index contributed by atoms with van der Waals surface area (Å²) in [6.07, 6.45) is 4.81. The molecule has 0 aromatic carbocycles. The molecule has 0 bridgehead atoms. The number of hydrogen-bond donors (Lipinski definition) is 1. The number of carbonyl (C=O) groups is 1. The van der Waals surface area contributed by atoms with Crippen LogP contribution in [-0.4, -0.2) is 57.4 Å². The van der Waals surface area contributed by atoms with E-state index < -0.39 is 0 Å². The highest BCUT2D eigenvalue weighted by atomic mass is 32.1. The van der Waals surface area contributed by atoms with Crippen molar-refractivity contribution < 1.29 is 9.53 Å². The molecule has 1 spiro atoms. The van der Waals surface area contributed by atoms with E-state index in [1.54, 1.807) is 16.0 Å². The number of rotatable bonds is 5. The second-order valence-corrected chi connectivity index (χ2v) is 8.49. The summed E-state index contributed by atoms with van der Waals surface area (Å²) in [5, 5.41) is 10.8. The minimum absolute atomic E-state index is 0.0736. The molecule has 2 unspecified atom stereocenters. The third kappa shape index (κ3) is 3.87. The number of nitrogens with zero attached hydrogens (tertiary/aromatic N) is 4. The number of anilines is 1. The molecule has 27 heavy (non-hydrogen) atoms. The average molecular weight is 390 g/mol. The Kier molecular flexibility index (Phi) is 5.19. The second-order valence-electron chi connectivity index (χ2n) is 7.60. The Balaban J connectivity index is 1.39. The summed E-state index contributed by atoms with van der Waals surface area (Å²) in [6, 6.07) is 1.89. The van der Waals surface area contributed by atoms with Crippen LogP contribution in [0.2, 0.25) is 0 Å². The molecule has 146 valence electrons. The fourth-order valence-electron chi connectivity index (χ4n) is 4.29. The molecular weight excluding hydrogens is 362 g/mol. The van der Waals surface area contributed by atoms with Crippen LogP contribution in [0.4, 0.5) is 5.13 Å². The van der Waals surface area contributed by atoms with Gasteiger partial charge in [0.15, 0.2) is 5.13 Å². The van der Waals surface area contributed by atoms with Gasteiger partial charge in [-0.25, -0.2) is 4.98 Å². The number of ether oxygens (including phenoxy) is 1. The van der Waals surface area contributed by atoms with Gasteiger partial charge in [-0.05, 0) is 39.2 Å². The van der Waals surface area contributed by atoms with Gasteiger partial charge in [-0.3, -0.25) is 9.48 Å². The molecule has 8 heteroatoms. The molecule has 0 saturated carbocycles. The monoisotopic (exact) mass is 389 g/mol. The van der Waals surface area contributed by atoms with E-state index >= 15 is 0 Å². The summed E-state index contributed by atoms with van der Waals surface area (Å²) in [4.78, 5) is 19.3. The first-order valence-corrected chi connectivity index (χ1v) is 10.6. The summed E-state index contributed by atoms with van der Waals surface area (Å²) in [5.74, 6) is 0.525. The molecule has 2 aliphatic rings. The van der Waals surface area contributed by atoms with Gasteiger partial charge in [0.05, 0.1) is 24.4 Å². The quantitative estimate of drug-likeness (QED) is 0.851. The van der Waals surface area contributed by atoms with Crippen LogP contribution in [0.1, 0.15) is 42.4 Å². The maximum absolute atomic E-state index is 13.1. The van der Waals surface area contributed by atoms with Crippen molar-refractivity contribution in [3.63, 3.8) is 0 Å². The highest BCUT2D eigenvalue weighted by Gasteiger charge is 2.44. The molecule has 2 aromatic heterocycles. The highest BCUT2D eigenvalue weighted by molar-refractivity contribution is 7.13. The smallest absolute Gasteiger partial charge is 0.272 e. The number of hydrogen-bond acceptors (Lipinski definition) is 6. The molecule has 7 nitrogen and oxygen atoms in total. The van der Waals surface area contributed by atoms with E-state index in [0.717, 1.165) is 49.8 Å². The summed E-state index contributed by atoms with van der Waals surface area (Å²) in [7, 11) is 0. The number of amides is 1. The molecule has 4 rings (SSSR count). The van der Waals surface area contributed by atoms with Crippen molar-refractivity contribution in [1.29, 1.82) is 0 Å². The minimum atomic E-state index is -0.199. The van der Waals surface area contributed by atoms with E-state index in [9.17, 15) is 4.79 Å². The lowest BCUT2D eigenvalue weighted by atomic mass is 9.86. The molecule has 4 heterocycles. The SMILES string of the molecule is CCn1nc(C)cc1C(=O)N1CCCC2(CC(CNc3nccs3)CO2)C1. The van der Waals surface area contributed by atoms with E-state index in [2.05, 4.69) is 15.4 Å². The number of aryl methyl sites for hydroxylation is 2. The van der Waals surface area contributed by atoms with Crippen LogP contribution in [0.3, 0.4) is 0 Å². The van der Waals surface area contributed by atoms with Crippen molar-refractivity contribution in [3.8, 4) is 0 Å². The first-order valence-electron chi connectivity index (χ1n) is 9.69. The molecule has 2 aliphatic heterocycles. The largest absolute Gasteiger partial charge is 0.373 e. The highest BCUT2D eigenvalue weighted by Crippen LogP contribution is 2.38. The van der Waals surface area contributed by atoms with Crippen molar-refractivity contribution in [2.75, 3.05) is 31.6 Å². The van der Waals surface area contributed by atoms with Gasteiger partial charge in [0.2, 0.25) is 0 Å². The minimum Gasteiger partial charge on any atom is -0.373 e. The Morgan fingerprint density at radius 1 is 1.52 bits per heavy atom. The molecule has 2 saturated heterocycles. The molecule has 2 aromatic rings. The van der Waals surface area contributed by atoms with Crippen molar-refractivity contribution in [2.45, 2.75) is 45.3 Å². The van der Waals surface area contributed by atoms with Crippen molar-refractivity contribution >= 4 is 22.4 Å². The van der Waals surface area contributed by atoms with Gasteiger partial charge >= 0.3 is 0 Å². The first kappa shape index (κ1) is 18.4. The van der Waals surface area contributed by atoms with Crippen molar-refractivity contribution in [3.05, 3.63) is 29.0 Å². The van der Waals surface area contributed by atoms with E-state index in [0.29, 0.717) is 24.7 Å². The molecule has 1 amide bonds. The predicted octanol–water partition coefficient (Wildman–Crippen LogP) is 2.79. The third-order valence-corrected chi connectivity index (χ3v) is 6.24. The summed E-state index contributed by atoms with van der Waals surface area (Å²) < 4.78 is 8.07. The molecular formula is C19H27N5O2S. The van der Waals surface area contributed by atoms with Gasteiger partial charge in [-0.2, -0.15) is 5.10 Å². The van der Waals surface area contributed by atoms with Crippen LogP contribution in [0, 0.1) is 12.8 Å². The number of carbonyl (C=O) groups excluding carboxylic acids is 1. The summed E-state index contributed by atoms with van der Waals surface area (Å²) >= 11 is 1.62. The van der Waals surface area contributed by atoms with Crippen LogP contribution in [0.25, 0.3) is 0 Å². The van der Waals surface area contributed by atoms with Gasteiger partial charge < -0.3 is 15.0 Å². The molecule has 2 atom stereocenters. The standard InChI is InChI=1S/C19H27N5O2S/c1-3-24-16(9-14(2)22-24)17(25)23-7-4-5-19(13-23)10-15(12-26-19)11-21-18-20-6-8-27-18/h6,8-9,15H,3-5,7,10-13H2,1-2H3,(H,20,21). The lowest BCUT2D eigenvalue weighted by molar-refractivity contribution is -0.0451. The predicted molar refractivity (Wildman–Crippen MR) is 105 cm³/mol. The Bertz CT molecular complexity index is 790. The summed E-state index contributed by atoms with van der Waals surface area (Å²) in [6.45, 7) is 7.72. The Labute approximate surface area is 163 Å². The van der Waals surface area contributed by atoms with Crippen LogP contribution in [0.15, 0.2) is 17.6 Å². The van der Waals surface area contributed by atoms with Crippen molar-refractivity contribution in [2.24, 2.45) is 5.92 Å². The fraction of sp³-hybridized carbons (Fsp3) is 0.632. The number of nitrogens with one attached hydrogen (secondary N) is 1. The van der Waals surface area contributed by atoms with E-state index in [-0.39, 0.29) is 11.5 Å². The zero-order chi connectivity index (χ0) is 18.9. The van der Waals surface area contributed by atoms with Gasteiger partial charge in [0.25, 0.3) is 5.91 Å². The first-order chi connectivity index (χ1) is 13.1. The molecule has 2 fully saturated rings. The van der Waals surface area contributed by atoms with Gasteiger partial charge in [-0.15, -0.1) is 11.3 Å². The van der Waals surface area contributed by atoms with Crippen LogP contribution < -0.4 is 5.32 Å². The third-order valence-electron chi connectivity index (χ3n) is 5.51. The zero-order valence-corrected chi connectivity index (χ0v) is 16.8. The number of piperidine rings is 1. The number of aromatic nitrogens is 3. The second kappa shape index (κ2) is 7.59. The molecule has 0 aliphatic carbocycles. The molecule has 1 N–H and O–H groups in total. The lowest BCUT2D eigenvalue weighted by Crippen LogP contribution is -2.50. The van der Waals surface area contributed by atoms with Crippen LogP contribution in [0.5, 0.6) is 0 Å². The van der Waals surface area contributed by atoms with Gasteiger partial charge in [0, 0.05) is 37.1 Å². The maximum Gasteiger partial charge on any atom is 0.272 e. The molecule has 0 radical (unpaired) electrons. The Morgan fingerprint density at radius 3 is 3.19 bits per heavy atom. The Hall–Kier alpha value is -1.93. The lowest BCUT2D eigenvalue weighted by Gasteiger charge is -2.39. The van der Waals surface area contributed by atoms with Crippen LogP contribution in [-0.2, 0) is 11.3 Å². The normalized spacial score (nSPS) is 25.3. The number of thiazole rings is 1. The van der Waals surface area contributed by atoms with E-state index in [4.69, 9.17) is 4.74 Å². The maximum atomic E-state index is 13.1. The van der Waals surface area contributed by atoms with Crippen LogP contribution >= 0.6 is 11.3 Å². The van der Waals surface area contributed by atoms with E-state index in [1.165, 1.54) is 0 Å². The number of likely N-dealkylation sites (tertiary alicyclic amines) is 1. The zero-order valence-electron chi connectivity index (χ0n) is 16.0. The van der Waals surface area contributed by atoms with Crippen molar-refractivity contribution in [1.82, 2.24) is 19.7 Å². The topological polar surface area (TPSA) is 72.3 Å².